The summed E-state index contributed by atoms with van der Waals surface area (Å²) in [7, 11) is 0. The molecule has 1 aromatic heterocycles. The second-order valence-electron chi connectivity index (χ2n) is 5.81. The first-order valence-electron chi connectivity index (χ1n) is 8.17. The van der Waals surface area contributed by atoms with Gasteiger partial charge in [0.2, 0.25) is 11.8 Å². The van der Waals surface area contributed by atoms with Gasteiger partial charge in [0.05, 0.1) is 17.5 Å². The summed E-state index contributed by atoms with van der Waals surface area (Å²) in [5, 5.41) is 5.43. The number of fused-ring (bicyclic) bond motifs is 1. The SMILES string of the molecule is CC(=O)NCCNC(=O)Cc1ccc2nc(-c3ccccc3)[nH]c2c1. The van der Waals surface area contributed by atoms with E-state index in [2.05, 4.69) is 20.6 Å². The average molecular weight is 336 g/mol. The first-order chi connectivity index (χ1) is 12.1. The number of imidazole rings is 1. The van der Waals surface area contributed by atoms with E-state index in [1.807, 2.05) is 48.5 Å². The van der Waals surface area contributed by atoms with Crippen LogP contribution in [0.5, 0.6) is 0 Å². The lowest BCUT2D eigenvalue weighted by atomic mass is 10.1. The van der Waals surface area contributed by atoms with Crippen molar-refractivity contribution in [3.63, 3.8) is 0 Å². The van der Waals surface area contributed by atoms with E-state index in [9.17, 15) is 9.59 Å². The average Bonchev–Trinajstić information content (AvgIpc) is 3.03. The molecule has 3 aromatic rings. The molecule has 0 spiro atoms. The zero-order valence-corrected chi connectivity index (χ0v) is 14.0. The molecule has 128 valence electrons. The molecule has 0 aliphatic carbocycles. The Hall–Kier alpha value is -3.15. The van der Waals surface area contributed by atoms with E-state index in [1.54, 1.807) is 0 Å². The number of nitrogens with zero attached hydrogens (tertiary/aromatic N) is 1. The van der Waals surface area contributed by atoms with E-state index in [-0.39, 0.29) is 18.2 Å². The highest BCUT2D eigenvalue weighted by Gasteiger charge is 2.08. The van der Waals surface area contributed by atoms with Crippen LogP contribution in [-0.2, 0) is 16.0 Å². The molecular formula is C19H20N4O2. The summed E-state index contributed by atoms with van der Waals surface area (Å²) in [4.78, 5) is 30.6. The van der Waals surface area contributed by atoms with Crippen molar-refractivity contribution >= 4 is 22.8 Å². The number of hydrogen-bond donors (Lipinski definition) is 3. The lowest BCUT2D eigenvalue weighted by Crippen LogP contribution is -2.34. The van der Waals surface area contributed by atoms with Gasteiger partial charge >= 0.3 is 0 Å². The van der Waals surface area contributed by atoms with Gasteiger partial charge in [0.25, 0.3) is 0 Å². The largest absolute Gasteiger partial charge is 0.355 e. The first-order valence-corrected chi connectivity index (χ1v) is 8.17. The lowest BCUT2D eigenvalue weighted by molar-refractivity contribution is -0.121. The molecule has 3 rings (SSSR count). The van der Waals surface area contributed by atoms with Gasteiger partial charge in [-0.1, -0.05) is 36.4 Å². The molecule has 6 heteroatoms. The maximum absolute atomic E-state index is 12.0. The Morgan fingerprint density at radius 3 is 2.56 bits per heavy atom. The van der Waals surface area contributed by atoms with Crippen molar-refractivity contribution < 1.29 is 9.59 Å². The third-order valence-corrected chi connectivity index (χ3v) is 3.78. The van der Waals surface area contributed by atoms with Crippen molar-refractivity contribution in [1.82, 2.24) is 20.6 Å². The normalized spacial score (nSPS) is 10.6. The summed E-state index contributed by atoms with van der Waals surface area (Å²) >= 11 is 0. The van der Waals surface area contributed by atoms with E-state index in [1.165, 1.54) is 6.92 Å². The third kappa shape index (κ3) is 4.44. The number of rotatable bonds is 6. The van der Waals surface area contributed by atoms with Crippen molar-refractivity contribution in [3.8, 4) is 11.4 Å². The minimum absolute atomic E-state index is 0.0764. The minimum Gasteiger partial charge on any atom is -0.355 e. The van der Waals surface area contributed by atoms with Crippen molar-refractivity contribution in [3.05, 3.63) is 54.1 Å². The van der Waals surface area contributed by atoms with Gasteiger partial charge in [-0.25, -0.2) is 4.98 Å². The molecule has 0 aliphatic rings. The number of benzene rings is 2. The Kier molecular flexibility index (Phi) is 5.09. The molecule has 2 aromatic carbocycles. The molecule has 0 aliphatic heterocycles. The highest BCUT2D eigenvalue weighted by atomic mass is 16.2. The molecule has 0 fully saturated rings. The van der Waals surface area contributed by atoms with Crippen LogP contribution in [0.3, 0.4) is 0 Å². The van der Waals surface area contributed by atoms with Crippen molar-refractivity contribution in [2.45, 2.75) is 13.3 Å². The highest BCUT2D eigenvalue weighted by Crippen LogP contribution is 2.21. The summed E-state index contributed by atoms with van der Waals surface area (Å²) in [6.45, 7) is 2.30. The smallest absolute Gasteiger partial charge is 0.224 e. The maximum Gasteiger partial charge on any atom is 0.224 e. The zero-order chi connectivity index (χ0) is 17.6. The van der Waals surface area contributed by atoms with Gasteiger partial charge in [0.1, 0.15) is 5.82 Å². The van der Waals surface area contributed by atoms with E-state index in [0.29, 0.717) is 13.1 Å². The van der Waals surface area contributed by atoms with Crippen LogP contribution in [0.25, 0.3) is 22.4 Å². The van der Waals surface area contributed by atoms with Crippen LogP contribution in [0.1, 0.15) is 12.5 Å². The Balaban J connectivity index is 1.65. The predicted octanol–water partition coefficient (Wildman–Crippen LogP) is 2.02. The van der Waals surface area contributed by atoms with Crippen molar-refractivity contribution in [2.24, 2.45) is 0 Å². The maximum atomic E-state index is 12.0. The Bertz CT molecular complexity index is 887. The van der Waals surface area contributed by atoms with Gasteiger partial charge in [-0.3, -0.25) is 9.59 Å². The van der Waals surface area contributed by atoms with Gasteiger partial charge in [0.15, 0.2) is 0 Å². The molecule has 2 amide bonds. The van der Waals surface area contributed by atoms with Crippen LogP contribution in [0.2, 0.25) is 0 Å². The van der Waals surface area contributed by atoms with Crippen molar-refractivity contribution in [2.75, 3.05) is 13.1 Å². The second-order valence-corrected chi connectivity index (χ2v) is 5.81. The van der Waals surface area contributed by atoms with Crippen LogP contribution < -0.4 is 10.6 Å². The van der Waals surface area contributed by atoms with Gasteiger partial charge in [-0.15, -0.1) is 0 Å². The fraction of sp³-hybridized carbons (Fsp3) is 0.211. The number of carbonyl (C=O) groups is 2. The number of hydrogen-bond acceptors (Lipinski definition) is 3. The first kappa shape index (κ1) is 16.7. The topological polar surface area (TPSA) is 86.9 Å². The van der Waals surface area contributed by atoms with Gasteiger partial charge in [0, 0.05) is 25.6 Å². The summed E-state index contributed by atoms with van der Waals surface area (Å²) in [6, 6.07) is 15.7. The number of amides is 2. The van der Waals surface area contributed by atoms with Gasteiger partial charge in [-0.05, 0) is 17.7 Å². The van der Waals surface area contributed by atoms with E-state index in [0.717, 1.165) is 28.0 Å². The molecule has 0 radical (unpaired) electrons. The minimum atomic E-state index is -0.104. The molecule has 1 heterocycles. The summed E-state index contributed by atoms with van der Waals surface area (Å²) in [6.07, 6.45) is 0.287. The molecule has 6 nitrogen and oxygen atoms in total. The molecule has 0 atom stereocenters. The third-order valence-electron chi connectivity index (χ3n) is 3.78. The predicted molar refractivity (Wildman–Crippen MR) is 96.9 cm³/mol. The van der Waals surface area contributed by atoms with E-state index >= 15 is 0 Å². The van der Waals surface area contributed by atoms with Gasteiger partial charge in [-0.2, -0.15) is 0 Å². The zero-order valence-electron chi connectivity index (χ0n) is 14.0. The standard InChI is InChI=1S/C19H20N4O2/c1-13(24)20-9-10-21-18(25)12-14-7-8-16-17(11-14)23-19(22-16)15-5-3-2-4-6-15/h2-8,11H,9-10,12H2,1H3,(H,20,24)(H,21,25)(H,22,23). The summed E-state index contributed by atoms with van der Waals surface area (Å²) in [5.41, 5.74) is 3.71. The number of aromatic nitrogens is 2. The number of carbonyl (C=O) groups excluding carboxylic acids is 2. The van der Waals surface area contributed by atoms with Crippen molar-refractivity contribution in [1.29, 1.82) is 0 Å². The molecule has 0 saturated carbocycles. The lowest BCUT2D eigenvalue weighted by Gasteiger charge is -2.05. The second kappa shape index (κ2) is 7.61. The highest BCUT2D eigenvalue weighted by molar-refractivity contribution is 5.83. The summed E-state index contributed by atoms with van der Waals surface area (Å²) < 4.78 is 0. The van der Waals surface area contributed by atoms with Crippen LogP contribution in [-0.4, -0.2) is 34.9 Å². The van der Waals surface area contributed by atoms with Crippen LogP contribution in [0.15, 0.2) is 48.5 Å². The van der Waals surface area contributed by atoms with Crippen LogP contribution >= 0.6 is 0 Å². The fourth-order valence-electron chi connectivity index (χ4n) is 2.59. The summed E-state index contributed by atoms with van der Waals surface area (Å²) in [5.74, 6) is 0.633. The monoisotopic (exact) mass is 336 g/mol. The Morgan fingerprint density at radius 2 is 1.80 bits per heavy atom. The number of aromatic amines is 1. The van der Waals surface area contributed by atoms with Crippen LogP contribution in [0.4, 0.5) is 0 Å². The van der Waals surface area contributed by atoms with Crippen LogP contribution in [0, 0.1) is 0 Å². The molecule has 0 saturated heterocycles. The number of H-pyrrole nitrogens is 1. The number of nitrogens with one attached hydrogen (secondary N) is 3. The Labute approximate surface area is 145 Å². The quantitative estimate of drug-likeness (QED) is 0.602. The molecule has 0 bridgehead atoms. The van der Waals surface area contributed by atoms with E-state index < -0.39 is 0 Å². The molecule has 0 unspecified atom stereocenters. The molecular weight excluding hydrogens is 316 g/mol. The van der Waals surface area contributed by atoms with Gasteiger partial charge < -0.3 is 15.6 Å². The molecule has 25 heavy (non-hydrogen) atoms. The fourth-order valence-corrected chi connectivity index (χ4v) is 2.59. The molecule has 3 N–H and O–H groups in total. The van der Waals surface area contributed by atoms with E-state index in [4.69, 9.17) is 0 Å². The Morgan fingerprint density at radius 1 is 1.04 bits per heavy atom.